The van der Waals surface area contributed by atoms with Gasteiger partial charge in [-0.1, -0.05) is 31.2 Å². The van der Waals surface area contributed by atoms with E-state index < -0.39 is 0 Å². The fraction of sp³-hybridized carbons (Fsp3) is 0.318. The first-order chi connectivity index (χ1) is 13.6. The molecule has 1 aromatic carbocycles. The van der Waals surface area contributed by atoms with Crippen LogP contribution in [0.15, 0.2) is 48.7 Å². The summed E-state index contributed by atoms with van der Waals surface area (Å²) >= 11 is 1.42. The molecule has 0 saturated carbocycles. The van der Waals surface area contributed by atoms with Crippen LogP contribution in [0.5, 0.6) is 5.75 Å². The van der Waals surface area contributed by atoms with Gasteiger partial charge >= 0.3 is 0 Å². The topological polar surface area (TPSA) is 68.3 Å². The Hall–Kier alpha value is -2.60. The van der Waals surface area contributed by atoms with Crippen LogP contribution in [-0.2, 0) is 22.4 Å². The number of hydrogen-bond acceptors (Lipinski definition) is 5. The maximum Gasteiger partial charge on any atom is 0.239 e. The number of nitrogens with one attached hydrogen (secondary N) is 1. The van der Waals surface area contributed by atoms with Crippen LogP contribution < -0.4 is 10.1 Å². The molecule has 1 unspecified atom stereocenters. The zero-order chi connectivity index (χ0) is 20.4. The summed E-state index contributed by atoms with van der Waals surface area (Å²) in [5.41, 5.74) is 4.16. The monoisotopic (exact) mass is 398 g/mol. The van der Waals surface area contributed by atoms with E-state index in [1.165, 1.54) is 17.3 Å². The number of carbonyl (C=O) groups excluding carboxylic acids is 2. The summed E-state index contributed by atoms with van der Waals surface area (Å²) in [6.45, 7) is 4.52. The molecule has 0 aliphatic carbocycles. The van der Waals surface area contributed by atoms with Gasteiger partial charge in [-0.3, -0.25) is 19.9 Å². The minimum absolute atomic E-state index is 0.276. The SMILES string of the molecule is C/C=C(\COc1ccc(CC(SC)C(=O)NC=O)cc1)c1ccc(CC)cn1. The third-order valence-electron chi connectivity index (χ3n) is 4.43. The molecule has 0 saturated heterocycles. The molecule has 5 nitrogen and oxygen atoms in total. The van der Waals surface area contributed by atoms with Gasteiger partial charge in [0.25, 0.3) is 0 Å². The number of thioether (sulfide) groups is 1. The van der Waals surface area contributed by atoms with Crippen LogP contribution in [-0.4, -0.2) is 35.4 Å². The van der Waals surface area contributed by atoms with Gasteiger partial charge in [-0.25, -0.2) is 0 Å². The summed E-state index contributed by atoms with van der Waals surface area (Å²) in [6, 6.07) is 11.8. The molecule has 148 valence electrons. The third kappa shape index (κ3) is 6.23. The van der Waals surface area contributed by atoms with Crippen LogP contribution in [0.25, 0.3) is 5.57 Å². The number of carbonyl (C=O) groups is 2. The summed E-state index contributed by atoms with van der Waals surface area (Å²) in [5, 5.41) is 1.91. The van der Waals surface area contributed by atoms with E-state index in [1.54, 1.807) is 0 Å². The van der Waals surface area contributed by atoms with Gasteiger partial charge in [-0.2, -0.15) is 11.8 Å². The lowest BCUT2D eigenvalue weighted by Gasteiger charge is -2.13. The van der Waals surface area contributed by atoms with Crippen molar-refractivity contribution in [2.45, 2.75) is 31.9 Å². The molecule has 0 fully saturated rings. The predicted molar refractivity (Wildman–Crippen MR) is 114 cm³/mol. The lowest BCUT2D eigenvalue weighted by atomic mass is 10.1. The van der Waals surface area contributed by atoms with E-state index in [9.17, 15) is 9.59 Å². The number of amides is 2. The van der Waals surface area contributed by atoms with E-state index in [-0.39, 0.29) is 11.2 Å². The van der Waals surface area contributed by atoms with Gasteiger partial charge in [0.1, 0.15) is 12.4 Å². The lowest BCUT2D eigenvalue weighted by molar-refractivity contribution is -0.124. The number of ether oxygens (including phenoxy) is 1. The van der Waals surface area contributed by atoms with Crippen LogP contribution in [0.2, 0.25) is 0 Å². The van der Waals surface area contributed by atoms with E-state index in [1.807, 2.05) is 55.8 Å². The van der Waals surface area contributed by atoms with Gasteiger partial charge in [0, 0.05) is 11.8 Å². The van der Waals surface area contributed by atoms with Gasteiger partial charge in [0.15, 0.2) is 0 Å². The van der Waals surface area contributed by atoms with E-state index in [0.717, 1.165) is 29.0 Å². The lowest BCUT2D eigenvalue weighted by Crippen LogP contribution is -2.32. The molecular formula is C22H26N2O3S. The van der Waals surface area contributed by atoms with Crippen molar-refractivity contribution in [3.63, 3.8) is 0 Å². The summed E-state index contributed by atoms with van der Waals surface area (Å²) in [6.07, 6.45) is 7.70. The molecule has 2 aromatic rings. The predicted octanol–water partition coefficient (Wildman–Crippen LogP) is 3.67. The van der Waals surface area contributed by atoms with Crippen molar-refractivity contribution in [2.75, 3.05) is 12.9 Å². The van der Waals surface area contributed by atoms with Crippen molar-refractivity contribution in [1.29, 1.82) is 0 Å². The molecule has 0 bridgehead atoms. The number of aryl methyl sites for hydroxylation is 1. The highest BCUT2D eigenvalue weighted by atomic mass is 32.2. The zero-order valence-corrected chi connectivity index (χ0v) is 17.3. The number of allylic oxidation sites excluding steroid dienone is 1. The van der Waals surface area contributed by atoms with Crippen molar-refractivity contribution in [3.05, 3.63) is 65.5 Å². The zero-order valence-electron chi connectivity index (χ0n) is 16.5. The number of hydrogen-bond donors (Lipinski definition) is 1. The number of aromatic nitrogens is 1. The van der Waals surface area contributed by atoms with Crippen molar-refractivity contribution in [1.82, 2.24) is 10.3 Å². The van der Waals surface area contributed by atoms with E-state index in [0.29, 0.717) is 19.4 Å². The number of imide groups is 1. The Morgan fingerprint density at radius 3 is 2.46 bits per heavy atom. The van der Waals surface area contributed by atoms with Crippen molar-refractivity contribution < 1.29 is 14.3 Å². The van der Waals surface area contributed by atoms with E-state index >= 15 is 0 Å². The quantitative estimate of drug-likeness (QED) is 0.619. The first-order valence-electron chi connectivity index (χ1n) is 9.20. The maximum atomic E-state index is 11.8. The van der Waals surface area contributed by atoms with Crippen molar-refractivity contribution in [3.8, 4) is 5.75 Å². The fourth-order valence-corrected chi connectivity index (χ4v) is 3.30. The molecule has 1 aromatic heterocycles. The van der Waals surface area contributed by atoms with Gasteiger partial charge < -0.3 is 4.74 Å². The van der Waals surface area contributed by atoms with Crippen molar-refractivity contribution >= 4 is 29.7 Å². The molecular weight excluding hydrogens is 372 g/mol. The first-order valence-corrected chi connectivity index (χ1v) is 10.5. The van der Waals surface area contributed by atoms with Gasteiger partial charge in [-0.05, 0) is 55.3 Å². The molecule has 2 rings (SSSR count). The molecule has 28 heavy (non-hydrogen) atoms. The van der Waals surface area contributed by atoms with Crippen LogP contribution in [0, 0.1) is 0 Å². The number of nitrogens with zero attached hydrogens (tertiary/aromatic N) is 1. The van der Waals surface area contributed by atoms with Gasteiger partial charge in [0.2, 0.25) is 12.3 Å². The largest absolute Gasteiger partial charge is 0.489 e. The van der Waals surface area contributed by atoms with Crippen molar-refractivity contribution in [2.24, 2.45) is 0 Å². The highest BCUT2D eigenvalue weighted by Gasteiger charge is 2.17. The van der Waals surface area contributed by atoms with E-state index in [2.05, 4.69) is 23.3 Å². The minimum Gasteiger partial charge on any atom is -0.489 e. The number of rotatable bonds is 10. The van der Waals surface area contributed by atoms with Gasteiger partial charge in [0.05, 0.1) is 10.9 Å². The molecule has 0 radical (unpaired) electrons. The molecule has 1 atom stereocenters. The molecule has 2 amide bonds. The Bertz CT molecular complexity index is 802. The summed E-state index contributed by atoms with van der Waals surface area (Å²) < 4.78 is 5.90. The smallest absolute Gasteiger partial charge is 0.239 e. The molecule has 1 heterocycles. The highest BCUT2D eigenvalue weighted by molar-refractivity contribution is 7.99. The molecule has 6 heteroatoms. The third-order valence-corrected chi connectivity index (χ3v) is 5.38. The minimum atomic E-state index is -0.302. The van der Waals surface area contributed by atoms with Crippen LogP contribution in [0.4, 0.5) is 0 Å². The van der Waals surface area contributed by atoms with Crippen LogP contribution in [0.3, 0.4) is 0 Å². The fourth-order valence-electron chi connectivity index (χ4n) is 2.66. The molecule has 0 spiro atoms. The Balaban J connectivity index is 1.95. The van der Waals surface area contributed by atoms with E-state index in [4.69, 9.17) is 4.74 Å². The second kappa shape index (κ2) is 11.3. The molecule has 1 N–H and O–H groups in total. The molecule has 0 aliphatic rings. The van der Waals surface area contributed by atoms with Gasteiger partial charge in [-0.15, -0.1) is 0 Å². The average molecular weight is 399 g/mol. The Kier molecular flexibility index (Phi) is 8.75. The highest BCUT2D eigenvalue weighted by Crippen LogP contribution is 2.20. The second-order valence-electron chi connectivity index (χ2n) is 6.21. The Morgan fingerprint density at radius 2 is 1.93 bits per heavy atom. The maximum absolute atomic E-state index is 11.8. The Morgan fingerprint density at radius 1 is 1.21 bits per heavy atom. The first kappa shape index (κ1) is 21.7. The summed E-state index contributed by atoms with van der Waals surface area (Å²) in [4.78, 5) is 26.8. The number of benzene rings is 1. The Labute approximate surface area is 170 Å². The summed E-state index contributed by atoms with van der Waals surface area (Å²) in [7, 11) is 0. The van der Waals surface area contributed by atoms with Crippen LogP contribution in [0.1, 0.15) is 30.7 Å². The molecule has 0 aliphatic heterocycles. The standard InChI is InChI=1S/C22H26N2O3S/c1-4-16-8-11-20(23-13-16)18(5-2)14-27-19-9-6-17(7-10-19)12-21(28-3)22(26)24-15-25/h5-11,13,15,21H,4,12,14H2,1-3H3,(H,24,25,26)/b18-5+. The average Bonchev–Trinajstić information content (AvgIpc) is 2.74. The van der Waals surface area contributed by atoms with Crippen LogP contribution >= 0.6 is 11.8 Å². The summed E-state index contributed by atoms with van der Waals surface area (Å²) in [5.74, 6) is 0.480. The normalized spacial score (nSPS) is 12.3. The number of pyridine rings is 1. The second-order valence-corrected chi connectivity index (χ2v) is 7.25.